The summed E-state index contributed by atoms with van der Waals surface area (Å²) in [4.78, 5) is 17.2. The van der Waals surface area contributed by atoms with Crippen molar-refractivity contribution in [1.29, 1.82) is 0 Å². The lowest BCUT2D eigenvalue weighted by Gasteiger charge is -2.20. The Morgan fingerprint density at radius 2 is 2.09 bits per heavy atom. The van der Waals surface area contributed by atoms with Crippen molar-refractivity contribution in [2.45, 2.75) is 58.9 Å². The standard InChI is InChI=1S/C17H23N3O2/c1-6-22-16(21)12-9-13(11-7-8-11)18-15-14(12)10(2)19-20(15)17(3,4)5/h9,11H,6-8H2,1-5H3. The summed E-state index contributed by atoms with van der Waals surface area (Å²) < 4.78 is 7.16. The number of hydrogen-bond donors (Lipinski definition) is 0. The van der Waals surface area contributed by atoms with Crippen LogP contribution in [0.5, 0.6) is 0 Å². The van der Waals surface area contributed by atoms with Gasteiger partial charge in [0, 0.05) is 11.6 Å². The van der Waals surface area contributed by atoms with Crippen LogP contribution in [0.3, 0.4) is 0 Å². The van der Waals surface area contributed by atoms with Crippen molar-refractivity contribution in [1.82, 2.24) is 14.8 Å². The maximum absolute atomic E-state index is 12.4. The van der Waals surface area contributed by atoms with Gasteiger partial charge in [-0.2, -0.15) is 5.10 Å². The van der Waals surface area contributed by atoms with E-state index in [2.05, 4.69) is 25.9 Å². The number of fused-ring (bicyclic) bond motifs is 1. The molecule has 1 aliphatic carbocycles. The molecule has 0 N–H and O–H groups in total. The third-order valence-electron chi connectivity index (χ3n) is 3.96. The molecule has 2 heterocycles. The summed E-state index contributed by atoms with van der Waals surface area (Å²) in [5.41, 5.74) is 3.01. The largest absolute Gasteiger partial charge is 0.462 e. The van der Waals surface area contributed by atoms with Crippen molar-refractivity contribution in [3.63, 3.8) is 0 Å². The van der Waals surface area contributed by atoms with Crippen LogP contribution in [0.4, 0.5) is 0 Å². The topological polar surface area (TPSA) is 57.0 Å². The molecule has 5 heteroatoms. The highest BCUT2D eigenvalue weighted by atomic mass is 16.5. The molecule has 0 radical (unpaired) electrons. The van der Waals surface area contributed by atoms with Gasteiger partial charge >= 0.3 is 5.97 Å². The van der Waals surface area contributed by atoms with E-state index < -0.39 is 0 Å². The molecule has 0 aromatic carbocycles. The van der Waals surface area contributed by atoms with E-state index in [1.54, 1.807) is 0 Å². The van der Waals surface area contributed by atoms with E-state index in [-0.39, 0.29) is 11.5 Å². The second kappa shape index (κ2) is 5.07. The van der Waals surface area contributed by atoms with E-state index in [0.717, 1.165) is 35.3 Å². The first-order chi connectivity index (χ1) is 10.3. The first kappa shape index (κ1) is 15.0. The van der Waals surface area contributed by atoms with E-state index in [9.17, 15) is 4.79 Å². The van der Waals surface area contributed by atoms with Crippen LogP contribution >= 0.6 is 0 Å². The lowest BCUT2D eigenvalue weighted by molar-refractivity contribution is 0.0528. The maximum atomic E-state index is 12.4. The minimum absolute atomic E-state index is 0.187. The summed E-state index contributed by atoms with van der Waals surface area (Å²) in [5, 5.41) is 5.45. The Morgan fingerprint density at radius 3 is 2.64 bits per heavy atom. The Hall–Kier alpha value is -1.91. The molecule has 22 heavy (non-hydrogen) atoms. The van der Waals surface area contributed by atoms with Crippen LogP contribution < -0.4 is 0 Å². The van der Waals surface area contributed by atoms with Crippen molar-refractivity contribution in [2.24, 2.45) is 0 Å². The first-order valence-electron chi connectivity index (χ1n) is 7.90. The summed E-state index contributed by atoms with van der Waals surface area (Å²) in [6, 6.07) is 1.90. The van der Waals surface area contributed by atoms with Crippen LogP contribution in [0.1, 0.15) is 68.2 Å². The van der Waals surface area contributed by atoms with Crippen molar-refractivity contribution >= 4 is 17.0 Å². The molecule has 0 unspecified atom stereocenters. The Morgan fingerprint density at radius 1 is 1.41 bits per heavy atom. The molecule has 5 nitrogen and oxygen atoms in total. The van der Waals surface area contributed by atoms with Gasteiger partial charge in [0.1, 0.15) is 0 Å². The van der Waals surface area contributed by atoms with Gasteiger partial charge in [-0.1, -0.05) is 0 Å². The maximum Gasteiger partial charge on any atom is 0.339 e. The highest BCUT2D eigenvalue weighted by Gasteiger charge is 2.30. The summed E-state index contributed by atoms with van der Waals surface area (Å²) in [6.07, 6.45) is 2.28. The Kier molecular flexibility index (Phi) is 3.46. The third kappa shape index (κ3) is 2.49. The SMILES string of the molecule is CCOC(=O)c1cc(C2CC2)nc2c1c(C)nn2C(C)(C)C. The monoisotopic (exact) mass is 301 g/mol. The fourth-order valence-corrected chi connectivity index (χ4v) is 2.73. The van der Waals surface area contributed by atoms with E-state index in [0.29, 0.717) is 18.1 Å². The average Bonchev–Trinajstić information content (AvgIpc) is 3.22. The number of rotatable bonds is 3. The molecule has 1 aliphatic rings. The predicted molar refractivity (Wildman–Crippen MR) is 85.2 cm³/mol. The number of pyridine rings is 1. The number of ether oxygens (including phenoxy) is 1. The van der Waals surface area contributed by atoms with Crippen molar-refractivity contribution < 1.29 is 9.53 Å². The van der Waals surface area contributed by atoms with E-state index in [1.807, 2.05) is 24.6 Å². The van der Waals surface area contributed by atoms with Gasteiger partial charge in [-0.15, -0.1) is 0 Å². The molecule has 0 bridgehead atoms. The van der Waals surface area contributed by atoms with E-state index >= 15 is 0 Å². The normalized spacial score (nSPS) is 15.3. The summed E-state index contributed by atoms with van der Waals surface area (Å²) in [5.74, 6) is 0.189. The van der Waals surface area contributed by atoms with Gasteiger partial charge in [0.05, 0.1) is 28.8 Å². The number of aromatic nitrogens is 3. The van der Waals surface area contributed by atoms with Crippen LogP contribution in [0.15, 0.2) is 6.07 Å². The molecule has 118 valence electrons. The Labute approximate surface area is 130 Å². The van der Waals surface area contributed by atoms with Crippen LogP contribution in [0, 0.1) is 6.92 Å². The number of aryl methyl sites for hydroxylation is 1. The number of carbonyl (C=O) groups excluding carboxylic acids is 1. The lowest BCUT2D eigenvalue weighted by Crippen LogP contribution is -2.23. The fourth-order valence-electron chi connectivity index (χ4n) is 2.73. The average molecular weight is 301 g/mol. The summed E-state index contributed by atoms with van der Waals surface area (Å²) >= 11 is 0. The molecule has 0 amide bonds. The number of carbonyl (C=O) groups is 1. The molecule has 0 aliphatic heterocycles. The molecule has 0 saturated heterocycles. The Balaban J connectivity index is 2.28. The lowest BCUT2D eigenvalue weighted by atomic mass is 10.1. The zero-order valence-electron chi connectivity index (χ0n) is 13.9. The molecular weight excluding hydrogens is 278 g/mol. The Bertz CT molecular complexity index is 736. The highest BCUT2D eigenvalue weighted by Crippen LogP contribution is 2.41. The second-order valence-corrected chi connectivity index (χ2v) is 6.96. The molecule has 2 aromatic rings. The number of esters is 1. The van der Waals surface area contributed by atoms with Crippen molar-refractivity contribution in [3.05, 3.63) is 23.0 Å². The zero-order valence-corrected chi connectivity index (χ0v) is 13.9. The second-order valence-electron chi connectivity index (χ2n) is 6.96. The highest BCUT2D eigenvalue weighted by molar-refractivity contribution is 6.04. The quantitative estimate of drug-likeness (QED) is 0.814. The van der Waals surface area contributed by atoms with E-state index in [1.165, 1.54) is 0 Å². The van der Waals surface area contributed by atoms with Gasteiger partial charge in [-0.25, -0.2) is 14.5 Å². The van der Waals surface area contributed by atoms with Crippen molar-refractivity contribution in [3.8, 4) is 0 Å². The van der Waals surface area contributed by atoms with Crippen LogP contribution in [0.2, 0.25) is 0 Å². The van der Waals surface area contributed by atoms with E-state index in [4.69, 9.17) is 9.72 Å². The summed E-state index contributed by atoms with van der Waals surface area (Å²) in [6.45, 7) is 10.4. The number of hydrogen-bond acceptors (Lipinski definition) is 4. The molecule has 1 fully saturated rings. The minimum Gasteiger partial charge on any atom is -0.462 e. The third-order valence-corrected chi connectivity index (χ3v) is 3.96. The first-order valence-corrected chi connectivity index (χ1v) is 7.90. The van der Waals surface area contributed by atoms with Gasteiger partial charge in [-0.3, -0.25) is 0 Å². The van der Waals surface area contributed by atoms with Crippen molar-refractivity contribution in [2.75, 3.05) is 6.61 Å². The smallest absolute Gasteiger partial charge is 0.339 e. The molecule has 0 spiro atoms. The molecule has 0 atom stereocenters. The van der Waals surface area contributed by atoms with Crippen LogP contribution in [0.25, 0.3) is 11.0 Å². The zero-order chi connectivity index (χ0) is 16.1. The minimum atomic E-state index is -0.284. The molecule has 3 rings (SSSR count). The molecular formula is C17H23N3O2. The predicted octanol–water partition coefficient (Wildman–Crippen LogP) is 3.55. The number of nitrogens with zero attached hydrogens (tertiary/aromatic N) is 3. The fraction of sp³-hybridized carbons (Fsp3) is 0.588. The van der Waals surface area contributed by atoms with Crippen LogP contribution in [-0.4, -0.2) is 27.3 Å². The van der Waals surface area contributed by atoms with Gasteiger partial charge in [-0.05, 0) is 53.5 Å². The van der Waals surface area contributed by atoms with Crippen LogP contribution in [-0.2, 0) is 10.3 Å². The molecule has 2 aromatic heterocycles. The molecule has 1 saturated carbocycles. The van der Waals surface area contributed by atoms with Gasteiger partial charge in [0.25, 0.3) is 0 Å². The summed E-state index contributed by atoms with van der Waals surface area (Å²) in [7, 11) is 0. The van der Waals surface area contributed by atoms with Gasteiger partial charge in [0.15, 0.2) is 5.65 Å². The van der Waals surface area contributed by atoms with Gasteiger partial charge in [0.2, 0.25) is 0 Å². The van der Waals surface area contributed by atoms with Gasteiger partial charge < -0.3 is 4.74 Å².